The molecule has 0 bridgehead atoms. The lowest BCUT2D eigenvalue weighted by Crippen LogP contribution is -2.38. The minimum atomic E-state index is -0.311. The maximum Gasteiger partial charge on any atom is 0.290 e. The molecule has 7 nitrogen and oxygen atoms in total. The molecule has 0 atom stereocenters. The lowest BCUT2D eigenvalue weighted by Gasteiger charge is -2.21. The second-order valence-electron chi connectivity index (χ2n) is 8.13. The van der Waals surface area contributed by atoms with E-state index in [0.717, 1.165) is 34.5 Å². The number of carbonyl (C=O) groups excluding carboxylic acids is 2. The molecule has 0 saturated heterocycles. The van der Waals surface area contributed by atoms with Gasteiger partial charge in [-0.25, -0.2) is 4.68 Å². The number of nitrogens with one attached hydrogen (secondary N) is 1. The number of para-hydroxylation sites is 1. The predicted octanol–water partition coefficient (Wildman–Crippen LogP) is 5.24. The van der Waals surface area contributed by atoms with E-state index in [4.69, 9.17) is 9.52 Å². The fourth-order valence-corrected chi connectivity index (χ4v) is 3.99. The Kier molecular flexibility index (Phi) is 6.92. The van der Waals surface area contributed by atoms with E-state index in [1.165, 1.54) is 11.2 Å². The average molecular weight is 457 g/mol. The van der Waals surface area contributed by atoms with Gasteiger partial charge in [-0.05, 0) is 49.6 Å². The number of amides is 2. The first-order chi connectivity index (χ1) is 16.5. The maximum atomic E-state index is 13.3. The summed E-state index contributed by atoms with van der Waals surface area (Å²) in [6.07, 6.45) is 2.17. The molecule has 2 aromatic carbocycles. The first-order valence-corrected chi connectivity index (χ1v) is 11.3. The molecule has 174 valence electrons. The zero-order chi connectivity index (χ0) is 24.1. The summed E-state index contributed by atoms with van der Waals surface area (Å²) >= 11 is 0. The van der Waals surface area contributed by atoms with Crippen LogP contribution in [0.25, 0.3) is 16.8 Å². The fourth-order valence-electron chi connectivity index (χ4n) is 3.99. The highest BCUT2D eigenvalue weighted by Gasteiger charge is 2.24. The van der Waals surface area contributed by atoms with Crippen LogP contribution in [0.1, 0.15) is 35.2 Å². The summed E-state index contributed by atoms with van der Waals surface area (Å²) in [6, 6.07) is 21.0. The Balaban J connectivity index is 1.70. The van der Waals surface area contributed by atoms with Gasteiger partial charge >= 0.3 is 0 Å². The number of anilines is 1. The van der Waals surface area contributed by atoms with E-state index in [1.807, 2.05) is 75.4 Å². The molecule has 0 aliphatic heterocycles. The highest BCUT2D eigenvalue weighted by Crippen LogP contribution is 2.34. The molecule has 0 aliphatic rings. The van der Waals surface area contributed by atoms with Crippen LogP contribution in [0.2, 0.25) is 0 Å². The van der Waals surface area contributed by atoms with Crippen molar-refractivity contribution >= 4 is 17.6 Å². The van der Waals surface area contributed by atoms with E-state index in [1.54, 1.807) is 16.8 Å². The molecular formula is C27H28N4O3. The van der Waals surface area contributed by atoms with Gasteiger partial charge < -0.3 is 14.6 Å². The van der Waals surface area contributed by atoms with Gasteiger partial charge in [-0.1, -0.05) is 55.5 Å². The van der Waals surface area contributed by atoms with Gasteiger partial charge in [-0.3, -0.25) is 9.59 Å². The third-order valence-corrected chi connectivity index (χ3v) is 5.57. The van der Waals surface area contributed by atoms with Gasteiger partial charge in [0.15, 0.2) is 5.76 Å². The Labute approximate surface area is 199 Å². The quantitative estimate of drug-likeness (QED) is 0.393. The van der Waals surface area contributed by atoms with Crippen molar-refractivity contribution in [2.45, 2.75) is 27.2 Å². The molecule has 0 saturated carbocycles. The number of rotatable bonds is 8. The Morgan fingerprint density at radius 3 is 2.41 bits per heavy atom. The molecule has 0 spiro atoms. The van der Waals surface area contributed by atoms with E-state index in [2.05, 4.69) is 5.32 Å². The van der Waals surface area contributed by atoms with Crippen molar-refractivity contribution in [1.29, 1.82) is 0 Å². The van der Waals surface area contributed by atoms with Gasteiger partial charge in [0.1, 0.15) is 12.4 Å². The van der Waals surface area contributed by atoms with Gasteiger partial charge in [0.05, 0.1) is 17.6 Å². The Morgan fingerprint density at radius 2 is 1.74 bits per heavy atom. The van der Waals surface area contributed by atoms with Crippen LogP contribution in [-0.2, 0) is 4.79 Å². The van der Waals surface area contributed by atoms with E-state index < -0.39 is 0 Å². The summed E-state index contributed by atoms with van der Waals surface area (Å²) < 4.78 is 7.02. The third kappa shape index (κ3) is 4.78. The second-order valence-corrected chi connectivity index (χ2v) is 8.13. The smallest absolute Gasteiger partial charge is 0.290 e. The number of hydrogen-bond acceptors (Lipinski definition) is 4. The largest absolute Gasteiger partial charge is 0.459 e. The summed E-state index contributed by atoms with van der Waals surface area (Å²) in [5.74, 6) is 0.172. The molecule has 34 heavy (non-hydrogen) atoms. The van der Waals surface area contributed by atoms with Crippen LogP contribution in [0, 0.1) is 13.8 Å². The van der Waals surface area contributed by atoms with Crippen molar-refractivity contribution in [3.63, 3.8) is 0 Å². The Hall–Kier alpha value is -4.13. The molecule has 0 aliphatic carbocycles. The fraction of sp³-hybridized carbons (Fsp3) is 0.222. The number of nitrogens with zero attached hydrogens (tertiary/aromatic N) is 3. The molecule has 0 radical (unpaired) electrons. The first kappa shape index (κ1) is 23.0. The van der Waals surface area contributed by atoms with Crippen LogP contribution in [0.3, 0.4) is 0 Å². The molecule has 0 fully saturated rings. The first-order valence-electron chi connectivity index (χ1n) is 11.3. The van der Waals surface area contributed by atoms with Crippen LogP contribution in [0.15, 0.2) is 77.4 Å². The highest BCUT2D eigenvalue weighted by atomic mass is 16.3. The van der Waals surface area contributed by atoms with Crippen molar-refractivity contribution in [1.82, 2.24) is 14.7 Å². The molecular weight excluding hydrogens is 428 g/mol. The molecule has 4 rings (SSSR count). The minimum Gasteiger partial charge on any atom is -0.459 e. The molecule has 0 unspecified atom stereocenters. The molecule has 1 N–H and O–H groups in total. The third-order valence-electron chi connectivity index (χ3n) is 5.57. The van der Waals surface area contributed by atoms with Crippen molar-refractivity contribution in [3.05, 3.63) is 90.0 Å². The summed E-state index contributed by atoms with van der Waals surface area (Å²) in [5, 5.41) is 7.82. The SMILES string of the molecule is CCCN(CC(=O)Nc1c(-c2ccccc2)c(C)nn1-c1ccccc1C)C(=O)c1ccco1. The lowest BCUT2D eigenvalue weighted by atomic mass is 10.1. The number of aryl methyl sites for hydroxylation is 2. The van der Waals surface area contributed by atoms with Gasteiger partial charge in [0.2, 0.25) is 5.91 Å². The number of benzene rings is 2. The maximum absolute atomic E-state index is 13.3. The van der Waals surface area contributed by atoms with Crippen molar-refractivity contribution in [3.8, 4) is 16.8 Å². The van der Waals surface area contributed by atoms with Gasteiger partial charge in [0.25, 0.3) is 5.91 Å². The van der Waals surface area contributed by atoms with Crippen molar-refractivity contribution in [2.24, 2.45) is 0 Å². The van der Waals surface area contributed by atoms with E-state index >= 15 is 0 Å². The van der Waals surface area contributed by atoms with Crippen LogP contribution >= 0.6 is 0 Å². The highest BCUT2D eigenvalue weighted by molar-refractivity contribution is 6.00. The Morgan fingerprint density at radius 1 is 1.00 bits per heavy atom. The van der Waals surface area contributed by atoms with E-state index in [0.29, 0.717) is 12.4 Å². The summed E-state index contributed by atoms with van der Waals surface area (Å²) in [5.41, 5.74) is 4.49. The zero-order valence-corrected chi connectivity index (χ0v) is 19.6. The van der Waals surface area contributed by atoms with Crippen LogP contribution in [-0.4, -0.2) is 39.6 Å². The topological polar surface area (TPSA) is 80.4 Å². The minimum absolute atomic E-state index is 0.0976. The van der Waals surface area contributed by atoms with Crippen LogP contribution in [0.4, 0.5) is 5.82 Å². The van der Waals surface area contributed by atoms with Gasteiger partial charge in [0, 0.05) is 12.1 Å². The summed E-state index contributed by atoms with van der Waals surface area (Å²) in [4.78, 5) is 27.6. The normalized spacial score (nSPS) is 10.8. The summed E-state index contributed by atoms with van der Waals surface area (Å²) in [7, 11) is 0. The molecule has 4 aromatic rings. The van der Waals surface area contributed by atoms with Gasteiger partial charge in [-0.2, -0.15) is 5.10 Å². The number of aromatic nitrogens is 2. The lowest BCUT2D eigenvalue weighted by molar-refractivity contribution is -0.117. The standard InChI is InChI=1S/C27H28N4O3/c1-4-16-30(27(33)23-15-10-17-34-23)18-24(32)28-26-25(21-12-6-5-7-13-21)20(3)29-31(26)22-14-9-8-11-19(22)2/h5-15,17H,4,16,18H2,1-3H3,(H,28,32). The Bertz CT molecular complexity index is 1280. The molecule has 2 heterocycles. The monoisotopic (exact) mass is 456 g/mol. The molecule has 2 aromatic heterocycles. The van der Waals surface area contributed by atoms with Crippen molar-refractivity contribution < 1.29 is 14.0 Å². The number of furan rings is 1. The number of hydrogen-bond donors (Lipinski definition) is 1. The van der Waals surface area contributed by atoms with Gasteiger partial charge in [-0.15, -0.1) is 0 Å². The average Bonchev–Trinajstić information content (AvgIpc) is 3.48. The predicted molar refractivity (Wildman–Crippen MR) is 132 cm³/mol. The molecule has 7 heteroatoms. The number of carbonyl (C=O) groups is 2. The van der Waals surface area contributed by atoms with Crippen LogP contribution < -0.4 is 5.32 Å². The second kappa shape index (κ2) is 10.2. The van der Waals surface area contributed by atoms with E-state index in [9.17, 15) is 9.59 Å². The summed E-state index contributed by atoms with van der Waals surface area (Å²) in [6.45, 7) is 6.24. The molecule has 2 amide bonds. The zero-order valence-electron chi connectivity index (χ0n) is 19.6. The van der Waals surface area contributed by atoms with E-state index in [-0.39, 0.29) is 24.1 Å². The van der Waals surface area contributed by atoms with Crippen molar-refractivity contribution in [2.75, 3.05) is 18.4 Å². The van der Waals surface area contributed by atoms with Crippen LogP contribution in [0.5, 0.6) is 0 Å².